The van der Waals surface area contributed by atoms with Gasteiger partial charge in [-0.05, 0) is 49.1 Å². The predicted molar refractivity (Wildman–Crippen MR) is 145 cm³/mol. The Morgan fingerprint density at radius 2 is 2.18 bits per heavy atom. The summed E-state index contributed by atoms with van der Waals surface area (Å²) in [6, 6.07) is 9.22. The Hall–Kier alpha value is -4.22. The Morgan fingerprint density at radius 1 is 1.34 bits per heavy atom. The first kappa shape index (κ1) is 24.1. The van der Waals surface area contributed by atoms with E-state index in [1.165, 1.54) is 6.08 Å². The highest BCUT2D eigenvalue weighted by molar-refractivity contribution is 6.32. The summed E-state index contributed by atoms with van der Waals surface area (Å²) < 4.78 is 7.46. The van der Waals surface area contributed by atoms with Crippen LogP contribution in [-0.4, -0.2) is 52.1 Å². The Labute approximate surface area is 225 Å². The van der Waals surface area contributed by atoms with Gasteiger partial charge in [0.1, 0.15) is 5.54 Å². The number of benzene rings is 1. The Kier molecular flexibility index (Phi) is 5.88. The summed E-state index contributed by atoms with van der Waals surface area (Å²) in [7, 11) is 1.57. The Bertz CT molecular complexity index is 1540. The number of nitrogens with one attached hydrogen (secondary N) is 2. The van der Waals surface area contributed by atoms with E-state index in [2.05, 4.69) is 34.1 Å². The van der Waals surface area contributed by atoms with E-state index in [1.54, 1.807) is 25.6 Å². The fourth-order valence-electron chi connectivity index (χ4n) is 5.79. The topological polar surface area (TPSA) is 88.5 Å². The van der Waals surface area contributed by atoms with Crippen molar-refractivity contribution in [2.75, 3.05) is 25.6 Å². The molecule has 1 aromatic carbocycles. The smallest absolute Gasteiger partial charge is 0.253 e. The first-order chi connectivity index (χ1) is 18.4. The highest BCUT2D eigenvalue weighted by Gasteiger charge is 2.56. The molecular weight excluding hydrogens is 502 g/mol. The van der Waals surface area contributed by atoms with E-state index in [0.29, 0.717) is 46.5 Å². The van der Waals surface area contributed by atoms with E-state index in [1.807, 2.05) is 33.8 Å². The van der Waals surface area contributed by atoms with E-state index >= 15 is 0 Å². The number of amides is 2. The number of aromatic nitrogens is 2. The van der Waals surface area contributed by atoms with Crippen LogP contribution in [0.15, 0.2) is 55.4 Å². The molecule has 2 N–H and O–H groups in total. The lowest BCUT2D eigenvalue weighted by Gasteiger charge is -2.37. The minimum Gasteiger partial charge on any atom is -0.493 e. The monoisotopic (exact) mass is 527 g/mol. The number of pyridine rings is 1. The number of methoxy groups -OCH3 is 1. The summed E-state index contributed by atoms with van der Waals surface area (Å²) in [5.41, 5.74) is 7.35. The van der Waals surface area contributed by atoms with E-state index in [-0.39, 0.29) is 11.8 Å². The van der Waals surface area contributed by atoms with Gasteiger partial charge in [-0.3, -0.25) is 24.7 Å². The van der Waals surface area contributed by atoms with E-state index in [9.17, 15) is 9.59 Å². The van der Waals surface area contributed by atoms with Gasteiger partial charge in [0.25, 0.3) is 5.91 Å². The van der Waals surface area contributed by atoms with Crippen LogP contribution in [0.25, 0.3) is 11.3 Å². The van der Waals surface area contributed by atoms with E-state index in [4.69, 9.17) is 16.3 Å². The van der Waals surface area contributed by atoms with E-state index < -0.39 is 5.54 Å². The number of halogens is 1. The molecule has 192 valence electrons. The lowest BCUT2D eigenvalue weighted by atomic mass is 9.73. The number of carbonyl (C=O) groups is 2. The first-order valence-corrected chi connectivity index (χ1v) is 12.9. The van der Waals surface area contributed by atoms with Crippen LogP contribution in [0.1, 0.15) is 34.5 Å². The van der Waals surface area contributed by atoms with Gasteiger partial charge in [-0.25, -0.2) is 0 Å². The Morgan fingerprint density at radius 3 is 2.97 bits per heavy atom. The largest absolute Gasteiger partial charge is 0.493 e. The third kappa shape index (κ3) is 3.82. The minimum absolute atomic E-state index is 0.0852. The molecule has 2 bridgehead atoms. The van der Waals surface area contributed by atoms with Gasteiger partial charge in [0.15, 0.2) is 5.75 Å². The normalized spacial score (nSPS) is 20.9. The molecule has 38 heavy (non-hydrogen) atoms. The maximum atomic E-state index is 12.8. The van der Waals surface area contributed by atoms with Crippen LogP contribution in [0, 0.1) is 17.8 Å². The number of hydrogen-bond donors (Lipinski definition) is 2. The maximum absolute atomic E-state index is 12.8. The summed E-state index contributed by atoms with van der Waals surface area (Å²) in [5, 5.41) is 3.40. The molecule has 5 heterocycles. The summed E-state index contributed by atoms with van der Waals surface area (Å²) in [6.45, 7) is 4.90. The molecule has 3 aromatic rings. The summed E-state index contributed by atoms with van der Waals surface area (Å²) >= 11 is 6.38. The van der Waals surface area contributed by atoms with Crippen LogP contribution in [0.2, 0.25) is 5.02 Å². The first-order valence-electron chi connectivity index (χ1n) is 12.5. The zero-order chi connectivity index (χ0) is 26.4. The molecule has 1 saturated carbocycles. The van der Waals surface area contributed by atoms with Crippen LogP contribution in [0.4, 0.5) is 5.69 Å². The number of hydrogen-bond acceptors (Lipinski definition) is 5. The molecule has 7 rings (SSSR count). The van der Waals surface area contributed by atoms with Crippen LogP contribution in [-0.2, 0) is 11.2 Å². The average Bonchev–Trinajstić information content (AvgIpc) is 3.58. The summed E-state index contributed by atoms with van der Waals surface area (Å²) in [4.78, 5) is 31.4. The van der Waals surface area contributed by atoms with Gasteiger partial charge in [-0.2, -0.15) is 0 Å². The van der Waals surface area contributed by atoms with Gasteiger partial charge in [0.2, 0.25) is 5.91 Å². The van der Waals surface area contributed by atoms with Crippen molar-refractivity contribution in [1.29, 1.82) is 0 Å². The second-order valence-electron chi connectivity index (χ2n) is 9.79. The molecule has 0 spiro atoms. The molecule has 2 aromatic heterocycles. The predicted octanol–water partition coefficient (Wildman–Crippen LogP) is 3.90. The van der Waals surface area contributed by atoms with Crippen molar-refractivity contribution < 1.29 is 14.3 Å². The average molecular weight is 528 g/mol. The van der Waals surface area contributed by atoms with Gasteiger partial charge < -0.3 is 15.0 Å². The number of ether oxygens (including phenoxy) is 1. The molecule has 4 aliphatic rings. The number of nitrogens with zero attached hydrogens (tertiary/aromatic N) is 3. The van der Waals surface area contributed by atoms with Crippen molar-refractivity contribution in [2.45, 2.75) is 24.8 Å². The molecule has 1 aliphatic carbocycles. The second kappa shape index (κ2) is 9.26. The van der Waals surface area contributed by atoms with Crippen molar-refractivity contribution in [2.24, 2.45) is 5.92 Å². The molecule has 0 unspecified atom stereocenters. The quantitative estimate of drug-likeness (QED) is 0.388. The lowest BCUT2D eigenvalue weighted by molar-refractivity contribution is -0.127. The number of fused-ring (bicyclic) bond motifs is 2. The Balaban J connectivity index is 1.46. The molecule has 9 heteroatoms. The summed E-state index contributed by atoms with van der Waals surface area (Å²) in [6.07, 6.45) is 7.17. The number of para-hydroxylation sites is 1. The van der Waals surface area contributed by atoms with Crippen molar-refractivity contribution >= 4 is 29.1 Å². The van der Waals surface area contributed by atoms with Crippen molar-refractivity contribution in [3.8, 4) is 28.8 Å². The van der Waals surface area contributed by atoms with Gasteiger partial charge >= 0.3 is 0 Å². The van der Waals surface area contributed by atoms with Crippen molar-refractivity contribution in [3.05, 3.63) is 77.2 Å². The highest BCUT2D eigenvalue weighted by Crippen LogP contribution is 2.50. The molecule has 2 amide bonds. The zero-order valence-electron chi connectivity index (χ0n) is 20.9. The lowest BCUT2D eigenvalue weighted by Crippen LogP contribution is -2.46. The van der Waals surface area contributed by atoms with Crippen LogP contribution >= 0.6 is 11.6 Å². The molecule has 0 atom stereocenters. The minimum atomic E-state index is -0.462. The molecule has 3 aliphatic heterocycles. The third-order valence-electron chi connectivity index (χ3n) is 7.58. The molecule has 0 radical (unpaired) electrons. The van der Waals surface area contributed by atoms with Crippen molar-refractivity contribution in [3.63, 3.8) is 0 Å². The fourth-order valence-corrected chi connectivity index (χ4v) is 6.05. The molecule has 2 saturated heterocycles. The van der Waals surface area contributed by atoms with Crippen LogP contribution < -0.4 is 15.5 Å². The summed E-state index contributed by atoms with van der Waals surface area (Å²) in [5.74, 6) is 7.51. The fraction of sp³-hybridized carbons (Fsp3) is 0.276. The second-order valence-corrected chi connectivity index (χ2v) is 10.2. The van der Waals surface area contributed by atoms with Gasteiger partial charge in [-0.15, -0.1) is 0 Å². The maximum Gasteiger partial charge on any atom is 0.253 e. The molecule has 8 nitrogen and oxygen atoms in total. The third-order valence-corrected chi connectivity index (χ3v) is 7.87. The van der Waals surface area contributed by atoms with Crippen LogP contribution in [0.5, 0.6) is 5.75 Å². The molecular formula is C29H26ClN5O3. The van der Waals surface area contributed by atoms with Gasteiger partial charge in [0.05, 0.1) is 40.3 Å². The number of carbonyl (C=O) groups excluding carboxylic acids is 2. The van der Waals surface area contributed by atoms with Crippen LogP contribution in [0.3, 0.4) is 0 Å². The number of anilines is 1. The van der Waals surface area contributed by atoms with E-state index in [0.717, 1.165) is 36.3 Å². The van der Waals surface area contributed by atoms with Crippen molar-refractivity contribution in [1.82, 2.24) is 19.9 Å². The highest BCUT2D eigenvalue weighted by atomic mass is 35.5. The van der Waals surface area contributed by atoms with Gasteiger partial charge in [0, 0.05) is 37.5 Å². The zero-order valence-corrected chi connectivity index (χ0v) is 21.6. The number of rotatable bonds is 5. The standard InChI is InChI=1S/C29H26ClN5O3/c1-3-26(36)34-17-18-14-29(34,15-18)10-7-19-16-31-11-8-20(19)25-13-21-24(9-12-32-28(21)37)35(25)33-23-6-4-5-22(30)27(23)38-2/h3-6,8,11,13,16,18,33H,1,9,12,14-15,17H2,2H3,(H,32,37). The SMILES string of the molecule is C=CC(=O)N1CC2CC1(C#Cc1cnccc1-c1cc3c(n1Nc1cccc(Cl)c1OC)CCNC3=O)C2. The van der Waals surface area contributed by atoms with Gasteiger partial charge in [-0.1, -0.05) is 36.1 Å². The molecule has 3 fully saturated rings.